The van der Waals surface area contributed by atoms with Crippen LogP contribution >= 0.6 is 12.4 Å². The molecule has 0 saturated carbocycles. The van der Waals surface area contributed by atoms with Gasteiger partial charge in [-0.1, -0.05) is 18.2 Å². The van der Waals surface area contributed by atoms with E-state index in [4.69, 9.17) is 0 Å². The fourth-order valence-electron chi connectivity index (χ4n) is 2.95. The van der Waals surface area contributed by atoms with Crippen molar-refractivity contribution < 1.29 is 13.6 Å². The molecule has 0 radical (unpaired) electrons. The summed E-state index contributed by atoms with van der Waals surface area (Å²) in [6, 6.07) is 8.71. The standard InChI is InChI=1S/C17H20F2N4O.ClH/c1-11-7-12(2)23(22-11)15-6-4-3-5-13(15)9-20-16(24)14-8-17(18,19)10-21-14;/h3-7,14,21H,8-10H2,1-2H3,(H,20,24);1H. The minimum Gasteiger partial charge on any atom is -0.351 e. The maximum absolute atomic E-state index is 13.2. The van der Waals surface area contributed by atoms with Crippen LogP contribution in [-0.2, 0) is 11.3 Å². The molecule has 1 aliphatic rings. The monoisotopic (exact) mass is 370 g/mol. The SMILES string of the molecule is Cc1cc(C)n(-c2ccccc2CNC(=O)C2CC(F)(F)CN2)n1.Cl. The molecule has 1 amide bonds. The number of rotatable bonds is 4. The van der Waals surface area contributed by atoms with Gasteiger partial charge in [0.25, 0.3) is 5.92 Å². The van der Waals surface area contributed by atoms with Gasteiger partial charge in [-0.05, 0) is 31.5 Å². The van der Waals surface area contributed by atoms with E-state index in [1.807, 2.05) is 48.9 Å². The van der Waals surface area contributed by atoms with Gasteiger partial charge in [-0.3, -0.25) is 10.1 Å². The number of aryl methyl sites for hydroxylation is 2. The zero-order valence-electron chi connectivity index (χ0n) is 14.1. The predicted octanol–water partition coefficient (Wildman–Crippen LogP) is 2.52. The van der Waals surface area contributed by atoms with Gasteiger partial charge < -0.3 is 5.32 Å². The molecule has 1 fully saturated rings. The predicted molar refractivity (Wildman–Crippen MR) is 93.5 cm³/mol. The van der Waals surface area contributed by atoms with Crippen LogP contribution in [0.1, 0.15) is 23.4 Å². The van der Waals surface area contributed by atoms with Gasteiger partial charge in [-0.15, -0.1) is 12.4 Å². The number of nitrogens with one attached hydrogen (secondary N) is 2. The van der Waals surface area contributed by atoms with E-state index in [9.17, 15) is 13.6 Å². The molecule has 25 heavy (non-hydrogen) atoms. The van der Waals surface area contributed by atoms with Gasteiger partial charge in [-0.2, -0.15) is 5.10 Å². The molecule has 1 aliphatic heterocycles. The van der Waals surface area contributed by atoms with Crippen LogP contribution in [0, 0.1) is 13.8 Å². The first-order valence-corrected chi connectivity index (χ1v) is 7.86. The van der Waals surface area contributed by atoms with Gasteiger partial charge in [0.1, 0.15) is 0 Å². The second-order valence-electron chi connectivity index (χ2n) is 6.18. The summed E-state index contributed by atoms with van der Waals surface area (Å²) in [6.07, 6.45) is -0.460. The van der Waals surface area contributed by atoms with E-state index in [2.05, 4.69) is 15.7 Å². The number of carbonyl (C=O) groups excluding carboxylic acids is 1. The van der Waals surface area contributed by atoms with Gasteiger partial charge in [-0.25, -0.2) is 13.5 Å². The van der Waals surface area contributed by atoms with Crippen molar-refractivity contribution in [2.45, 2.75) is 38.8 Å². The largest absolute Gasteiger partial charge is 0.351 e. The van der Waals surface area contributed by atoms with Crippen molar-refractivity contribution in [1.29, 1.82) is 0 Å². The molecule has 1 saturated heterocycles. The number of hydrogen-bond acceptors (Lipinski definition) is 3. The first-order chi connectivity index (χ1) is 11.4. The van der Waals surface area contributed by atoms with Crippen LogP contribution in [-0.4, -0.2) is 34.2 Å². The van der Waals surface area contributed by atoms with E-state index in [0.29, 0.717) is 0 Å². The maximum Gasteiger partial charge on any atom is 0.262 e. The number of para-hydroxylation sites is 1. The Bertz CT molecular complexity index is 763. The van der Waals surface area contributed by atoms with Crippen molar-refractivity contribution in [1.82, 2.24) is 20.4 Å². The molecule has 5 nitrogen and oxygen atoms in total. The van der Waals surface area contributed by atoms with Crippen molar-refractivity contribution in [3.63, 3.8) is 0 Å². The maximum atomic E-state index is 13.2. The van der Waals surface area contributed by atoms with Crippen LogP contribution in [0.15, 0.2) is 30.3 Å². The van der Waals surface area contributed by atoms with Crippen LogP contribution in [0.4, 0.5) is 8.78 Å². The highest BCUT2D eigenvalue weighted by Gasteiger charge is 2.42. The summed E-state index contributed by atoms with van der Waals surface area (Å²) < 4.78 is 28.2. The molecule has 1 aromatic carbocycles. The summed E-state index contributed by atoms with van der Waals surface area (Å²) in [6.45, 7) is 3.68. The Morgan fingerprint density at radius 3 is 2.72 bits per heavy atom. The number of carbonyl (C=O) groups is 1. The number of alkyl halides is 2. The minimum absolute atomic E-state index is 0. The van der Waals surface area contributed by atoms with Gasteiger partial charge in [0, 0.05) is 18.7 Å². The third-order valence-electron chi connectivity index (χ3n) is 4.11. The van der Waals surface area contributed by atoms with Gasteiger partial charge in [0.15, 0.2) is 0 Å². The van der Waals surface area contributed by atoms with E-state index in [0.717, 1.165) is 22.6 Å². The average molecular weight is 371 g/mol. The number of amides is 1. The lowest BCUT2D eigenvalue weighted by Crippen LogP contribution is -2.40. The molecule has 1 atom stereocenters. The molecule has 1 unspecified atom stereocenters. The smallest absolute Gasteiger partial charge is 0.262 e. The van der Waals surface area contributed by atoms with Crippen molar-refractivity contribution >= 4 is 18.3 Å². The van der Waals surface area contributed by atoms with Crippen molar-refractivity contribution in [3.8, 4) is 5.69 Å². The van der Waals surface area contributed by atoms with Crippen molar-refractivity contribution in [2.24, 2.45) is 0 Å². The summed E-state index contributed by atoms with van der Waals surface area (Å²) >= 11 is 0. The third kappa shape index (κ3) is 4.35. The second kappa shape index (κ2) is 7.49. The molecule has 0 spiro atoms. The topological polar surface area (TPSA) is 59.0 Å². The Labute approximate surface area is 151 Å². The first kappa shape index (κ1) is 19.3. The third-order valence-corrected chi connectivity index (χ3v) is 4.11. The zero-order chi connectivity index (χ0) is 17.3. The number of aromatic nitrogens is 2. The Hall–Kier alpha value is -1.99. The first-order valence-electron chi connectivity index (χ1n) is 7.86. The molecule has 2 heterocycles. The molecular formula is C17H21ClF2N4O. The molecule has 8 heteroatoms. The Kier molecular flexibility index (Phi) is 5.80. The molecule has 1 aromatic heterocycles. The number of benzene rings is 1. The van der Waals surface area contributed by atoms with Crippen LogP contribution in [0.5, 0.6) is 0 Å². The molecule has 0 bridgehead atoms. The summed E-state index contributed by atoms with van der Waals surface area (Å²) in [4.78, 5) is 12.1. The highest BCUT2D eigenvalue weighted by atomic mass is 35.5. The number of nitrogens with zero attached hydrogens (tertiary/aromatic N) is 2. The number of hydrogen-bond donors (Lipinski definition) is 2. The van der Waals surface area contributed by atoms with E-state index in [1.54, 1.807) is 0 Å². The Morgan fingerprint density at radius 1 is 1.40 bits per heavy atom. The molecular weight excluding hydrogens is 350 g/mol. The fourth-order valence-corrected chi connectivity index (χ4v) is 2.95. The second-order valence-corrected chi connectivity index (χ2v) is 6.18. The lowest BCUT2D eigenvalue weighted by atomic mass is 10.1. The van der Waals surface area contributed by atoms with Crippen LogP contribution in [0.2, 0.25) is 0 Å². The Balaban J connectivity index is 0.00000225. The van der Waals surface area contributed by atoms with Crippen molar-refractivity contribution in [2.75, 3.05) is 6.54 Å². The summed E-state index contributed by atoms with van der Waals surface area (Å²) in [5.41, 5.74) is 3.64. The van der Waals surface area contributed by atoms with Crippen LogP contribution < -0.4 is 10.6 Å². The van der Waals surface area contributed by atoms with Gasteiger partial charge in [0.05, 0.1) is 24.0 Å². The lowest BCUT2D eigenvalue weighted by Gasteiger charge is -2.14. The van der Waals surface area contributed by atoms with E-state index in [-0.39, 0.29) is 19.0 Å². The Morgan fingerprint density at radius 2 is 2.12 bits per heavy atom. The summed E-state index contributed by atoms with van der Waals surface area (Å²) in [7, 11) is 0. The summed E-state index contributed by atoms with van der Waals surface area (Å²) in [5, 5.41) is 9.76. The van der Waals surface area contributed by atoms with E-state index in [1.165, 1.54) is 0 Å². The molecule has 3 rings (SSSR count). The minimum atomic E-state index is -2.82. The van der Waals surface area contributed by atoms with Crippen LogP contribution in [0.3, 0.4) is 0 Å². The zero-order valence-corrected chi connectivity index (χ0v) is 14.9. The van der Waals surface area contributed by atoms with E-state index < -0.39 is 30.8 Å². The van der Waals surface area contributed by atoms with E-state index >= 15 is 0 Å². The fraction of sp³-hybridized carbons (Fsp3) is 0.412. The normalized spacial score (nSPS) is 18.6. The molecule has 2 aromatic rings. The van der Waals surface area contributed by atoms with Crippen LogP contribution in [0.25, 0.3) is 5.69 Å². The summed E-state index contributed by atoms with van der Waals surface area (Å²) in [5.74, 6) is -3.22. The van der Waals surface area contributed by atoms with Gasteiger partial charge >= 0.3 is 0 Å². The molecule has 2 N–H and O–H groups in total. The average Bonchev–Trinajstić information content (AvgIpc) is 3.06. The highest BCUT2D eigenvalue weighted by Crippen LogP contribution is 2.25. The molecule has 0 aliphatic carbocycles. The molecule has 136 valence electrons. The quantitative estimate of drug-likeness (QED) is 0.869. The highest BCUT2D eigenvalue weighted by molar-refractivity contribution is 5.85. The number of halogens is 3. The van der Waals surface area contributed by atoms with Gasteiger partial charge in [0.2, 0.25) is 5.91 Å². The lowest BCUT2D eigenvalue weighted by molar-refractivity contribution is -0.123. The van der Waals surface area contributed by atoms with Crippen molar-refractivity contribution in [3.05, 3.63) is 47.3 Å².